The highest BCUT2D eigenvalue weighted by molar-refractivity contribution is 9.10. The van der Waals surface area contributed by atoms with Gasteiger partial charge in [0.25, 0.3) is 0 Å². The Kier molecular flexibility index (Phi) is 1.98. The van der Waals surface area contributed by atoms with Gasteiger partial charge in [0.05, 0.1) is 0 Å². The molecule has 2 heterocycles. The quantitative estimate of drug-likeness (QED) is 0.770. The molecule has 0 aliphatic rings. The van der Waals surface area contributed by atoms with Crippen molar-refractivity contribution in [2.24, 2.45) is 7.05 Å². The fraction of sp³-hybridized carbons (Fsp3) is 0.143. The van der Waals surface area contributed by atoms with E-state index in [9.17, 15) is 0 Å². The molecular weight excluding hydrogens is 238 g/mol. The summed E-state index contributed by atoms with van der Waals surface area (Å²) in [4.78, 5) is 4.16. The minimum atomic E-state index is 0.916. The Balaban J connectivity index is 2.48. The fourth-order valence-electron chi connectivity index (χ4n) is 0.899. The SMILES string of the molecule is Cn1nc(-c2nccs2)cc1Br. The van der Waals surface area contributed by atoms with Crippen LogP contribution >= 0.6 is 27.3 Å². The van der Waals surface area contributed by atoms with Gasteiger partial charge in [-0.15, -0.1) is 11.3 Å². The van der Waals surface area contributed by atoms with Crippen LogP contribution in [0.1, 0.15) is 0 Å². The lowest BCUT2D eigenvalue weighted by Crippen LogP contribution is -1.89. The van der Waals surface area contributed by atoms with Gasteiger partial charge < -0.3 is 0 Å². The van der Waals surface area contributed by atoms with Crippen molar-refractivity contribution < 1.29 is 0 Å². The van der Waals surface area contributed by atoms with Gasteiger partial charge in [0, 0.05) is 24.7 Å². The van der Waals surface area contributed by atoms with Crippen molar-refractivity contribution in [3.63, 3.8) is 0 Å². The maximum Gasteiger partial charge on any atom is 0.143 e. The molecule has 0 unspecified atom stereocenters. The van der Waals surface area contributed by atoms with E-state index in [0.29, 0.717) is 0 Å². The highest BCUT2D eigenvalue weighted by atomic mass is 79.9. The summed E-state index contributed by atoms with van der Waals surface area (Å²) >= 11 is 4.97. The van der Waals surface area contributed by atoms with Gasteiger partial charge in [-0.05, 0) is 15.9 Å². The summed E-state index contributed by atoms with van der Waals surface area (Å²) in [6.07, 6.45) is 1.78. The minimum absolute atomic E-state index is 0.916. The van der Waals surface area contributed by atoms with E-state index in [2.05, 4.69) is 26.0 Å². The van der Waals surface area contributed by atoms with Crippen LogP contribution in [0.5, 0.6) is 0 Å². The molecule has 2 aromatic rings. The molecule has 0 aliphatic heterocycles. The molecule has 0 fully saturated rings. The van der Waals surface area contributed by atoms with Crippen molar-refractivity contribution in [1.29, 1.82) is 0 Å². The zero-order chi connectivity index (χ0) is 8.55. The zero-order valence-electron chi connectivity index (χ0n) is 6.36. The first-order chi connectivity index (χ1) is 5.77. The van der Waals surface area contributed by atoms with E-state index in [0.717, 1.165) is 15.3 Å². The smallest absolute Gasteiger partial charge is 0.143 e. The molecule has 0 aliphatic carbocycles. The maximum atomic E-state index is 4.27. The predicted molar refractivity (Wildman–Crippen MR) is 52.0 cm³/mol. The third-order valence-corrected chi connectivity index (χ3v) is 3.01. The van der Waals surface area contributed by atoms with Gasteiger partial charge in [-0.1, -0.05) is 0 Å². The molecule has 0 aromatic carbocycles. The minimum Gasteiger partial charge on any atom is -0.261 e. The average molecular weight is 244 g/mol. The van der Waals surface area contributed by atoms with Crippen molar-refractivity contribution >= 4 is 27.3 Å². The summed E-state index contributed by atoms with van der Waals surface area (Å²) in [5.74, 6) is 0. The summed E-state index contributed by atoms with van der Waals surface area (Å²) in [5, 5.41) is 7.17. The predicted octanol–water partition coefficient (Wildman–Crippen LogP) is 2.31. The van der Waals surface area contributed by atoms with E-state index < -0.39 is 0 Å². The van der Waals surface area contributed by atoms with E-state index in [4.69, 9.17) is 0 Å². The van der Waals surface area contributed by atoms with Crippen LogP contribution in [-0.4, -0.2) is 14.8 Å². The largest absolute Gasteiger partial charge is 0.261 e. The first-order valence-electron chi connectivity index (χ1n) is 3.37. The average Bonchev–Trinajstić information content (AvgIpc) is 2.61. The molecule has 12 heavy (non-hydrogen) atoms. The number of rotatable bonds is 1. The third kappa shape index (κ3) is 1.30. The second-order valence-electron chi connectivity index (χ2n) is 2.31. The molecule has 2 aromatic heterocycles. The van der Waals surface area contributed by atoms with Crippen LogP contribution in [0.3, 0.4) is 0 Å². The van der Waals surface area contributed by atoms with Gasteiger partial charge in [-0.25, -0.2) is 4.98 Å². The summed E-state index contributed by atoms with van der Waals surface area (Å²) in [6, 6.07) is 1.96. The van der Waals surface area contributed by atoms with Crippen LogP contribution in [0.15, 0.2) is 22.2 Å². The number of thiazole rings is 1. The third-order valence-electron chi connectivity index (χ3n) is 1.47. The molecule has 0 bridgehead atoms. The Bertz CT molecular complexity index is 360. The van der Waals surface area contributed by atoms with Gasteiger partial charge in [-0.2, -0.15) is 5.10 Å². The topological polar surface area (TPSA) is 30.7 Å². The Hall–Kier alpha value is -0.680. The van der Waals surface area contributed by atoms with Crippen LogP contribution in [-0.2, 0) is 7.05 Å². The number of halogens is 1. The van der Waals surface area contributed by atoms with Gasteiger partial charge in [-0.3, -0.25) is 4.68 Å². The van der Waals surface area contributed by atoms with E-state index >= 15 is 0 Å². The Morgan fingerprint density at radius 3 is 2.92 bits per heavy atom. The molecule has 3 nitrogen and oxygen atoms in total. The Morgan fingerprint density at radius 1 is 1.58 bits per heavy atom. The molecule has 0 amide bonds. The van der Waals surface area contributed by atoms with Gasteiger partial charge in [0.2, 0.25) is 0 Å². The fourth-order valence-corrected chi connectivity index (χ4v) is 1.79. The number of aryl methyl sites for hydroxylation is 1. The van der Waals surface area contributed by atoms with Crippen LogP contribution in [0.25, 0.3) is 10.7 Å². The van der Waals surface area contributed by atoms with Crippen molar-refractivity contribution in [2.75, 3.05) is 0 Å². The summed E-state index contributed by atoms with van der Waals surface area (Å²) in [5.41, 5.74) is 0.916. The molecule has 2 rings (SSSR count). The first kappa shape index (κ1) is 7.94. The number of nitrogens with zero attached hydrogens (tertiary/aromatic N) is 3. The summed E-state index contributed by atoms with van der Waals surface area (Å²) in [7, 11) is 1.89. The van der Waals surface area contributed by atoms with E-state index in [-0.39, 0.29) is 0 Å². The molecule has 62 valence electrons. The second-order valence-corrected chi connectivity index (χ2v) is 4.02. The van der Waals surface area contributed by atoms with Crippen molar-refractivity contribution in [3.8, 4) is 10.7 Å². The van der Waals surface area contributed by atoms with Gasteiger partial charge in [0.15, 0.2) is 0 Å². The summed E-state index contributed by atoms with van der Waals surface area (Å²) in [6.45, 7) is 0. The normalized spacial score (nSPS) is 10.5. The van der Waals surface area contributed by atoms with Crippen LogP contribution in [0, 0.1) is 0 Å². The summed E-state index contributed by atoms with van der Waals surface area (Å²) < 4.78 is 2.74. The molecule has 0 saturated carbocycles. The van der Waals surface area contributed by atoms with Crippen LogP contribution < -0.4 is 0 Å². The molecule has 5 heteroatoms. The number of hydrogen-bond donors (Lipinski definition) is 0. The molecule has 0 radical (unpaired) electrons. The number of hydrogen-bond acceptors (Lipinski definition) is 3. The van der Waals surface area contributed by atoms with Crippen LogP contribution in [0.2, 0.25) is 0 Å². The highest BCUT2D eigenvalue weighted by Crippen LogP contribution is 2.22. The Morgan fingerprint density at radius 2 is 2.42 bits per heavy atom. The van der Waals surface area contributed by atoms with Crippen molar-refractivity contribution in [1.82, 2.24) is 14.8 Å². The zero-order valence-corrected chi connectivity index (χ0v) is 8.76. The maximum absolute atomic E-state index is 4.27. The van der Waals surface area contributed by atoms with Gasteiger partial charge in [0.1, 0.15) is 15.3 Å². The lowest BCUT2D eigenvalue weighted by molar-refractivity contribution is 0.752. The standard InChI is InChI=1S/C7H6BrN3S/c1-11-6(8)4-5(10-11)7-9-2-3-12-7/h2-4H,1H3. The lowest BCUT2D eigenvalue weighted by Gasteiger charge is -1.87. The molecule has 0 atom stereocenters. The molecular formula is C7H6BrN3S. The lowest BCUT2D eigenvalue weighted by atomic mass is 10.5. The molecule has 0 N–H and O–H groups in total. The van der Waals surface area contributed by atoms with E-state index in [1.54, 1.807) is 22.2 Å². The van der Waals surface area contributed by atoms with Gasteiger partial charge >= 0.3 is 0 Å². The molecule has 0 saturated heterocycles. The molecule has 0 spiro atoms. The van der Waals surface area contributed by atoms with Crippen LogP contribution in [0.4, 0.5) is 0 Å². The first-order valence-corrected chi connectivity index (χ1v) is 5.04. The monoisotopic (exact) mass is 243 g/mol. The van der Waals surface area contributed by atoms with E-state index in [1.165, 1.54) is 0 Å². The van der Waals surface area contributed by atoms with Crippen molar-refractivity contribution in [2.45, 2.75) is 0 Å². The Labute approximate surface area is 82.2 Å². The number of aromatic nitrogens is 3. The van der Waals surface area contributed by atoms with E-state index in [1.807, 2.05) is 18.5 Å². The second kappa shape index (κ2) is 2.99. The highest BCUT2D eigenvalue weighted by Gasteiger charge is 2.06. The van der Waals surface area contributed by atoms with Crippen molar-refractivity contribution in [3.05, 3.63) is 22.2 Å².